The van der Waals surface area contributed by atoms with E-state index in [0.717, 1.165) is 12.0 Å². The van der Waals surface area contributed by atoms with E-state index in [-0.39, 0.29) is 0 Å². The zero-order valence-electron chi connectivity index (χ0n) is 9.34. The van der Waals surface area contributed by atoms with Crippen LogP contribution in [0.5, 0.6) is 0 Å². The summed E-state index contributed by atoms with van der Waals surface area (Å²) in [6, 6.07) is 0.870. The summed E-state index contributed by atoms with van der Waals surface area (Å²) < 4.78 is 0. The topological polar surface area (TPSA) is 3.24 Å². The summed E-state index contributed by atoms with van der Waals surface area (Å²) in [7, 11) is 2.32. The lowest BCUT2D eigenvalue weighted by molar-refractivity contribution is -0.0229. The maximum absolute atomic E-state index is 2.62. The van der Waals surface area contributed by atoms with E-state index >= 15 is 0 Å². The summed E-state index contributed by atoms with van der Waals surface area (Å²) in [5.74, 6) is 0.920. The molecule has 1 saturated carbocycles. The second kappa shape index (κ2) is 3.27. The highest BCUT2D eigenvalue weighted by Crippen LogP contribution is 2.47. The molecule has 0 bridgehead atoms. The van der Waals surface area contributed by atoms with Crippen molar-refractivity contribution in [3.63, 3.8) is 0 Å². The van der Waals surface area contributed by atoms with E-state index in [4.69, 9.17) is 0 Å². The number of rotatable bonds is 0. The molecule has 2 rings (SSSR count). The first-order valence-electron chi connectivity index (χ1n) is 5.84. The highest BCUT2D eigenvalue weighted by Gasteiger charge is 2.44. The van der Waals surface area contributed by atoms with Gasteiger partial charge in [0.2, 0.25) is 0 Å². The first-order chi connectivity index (χ1) is 6.13. The number of hydrogen-bond acceptors (Lipinski definition) is 1. The van der Waals surface area contributed by atoms with E-state index in [0.29, 0.717) is 5.41 Å². The van der Waals surface area contributed by atoms with Crippen LogP contribution in [-0.4, -0.2) is 24.5 Å². The molecule has 76 valence electrons. The molecule has 1 aliphatic carbocycles. The molecular formula is C12H23N. The Balaban J connectivity index is 2.19. The number of nitrogens with zero attached hydrogens (tertiary/aromatic N) is 1. The fourth-order valence-corrected chi connectivity index (χ4v) is 3.93. The van der Waals surface area contributed by atoms with Crippen LogP contribution >= 0.6 is 0 Å². The van der Waals surface area contributed by atoms with Crippen LogP contribution in [-0.2, 0) is 0 Å². The van der Waals surface area contributed by atoms with Crippen molar-refractivity contribution < 1.29 is 0 Å². The highest BCUT2D eigenvalue weighted by molar-refractivity contribution is 4.97. The van der Waals surface area contributed by atoms with Gasteiger partial charge in [0, 0.05) is 6.04 Å². The molecule has 0 unspecified atom stereocenters. The maximum atomic E-state index is 2.62. The summed E-state index contributed by atoms with van der Waals surface area (Å²) in [5.41, 5.74) is 0.644. The van der Waals surface area contributed by atoms with Gasteiger partial charge in [0.25, 0.3) is 0 Å². The van der Waals surface area contributed by atoms with Crippen LogP contribution in [0.25, 0.3) is 0 Å². The SMILES string of the molecule is C[C@@H]1CCC[C@]2(C)CCCN(C)[C@@H]12. The van der Waals surface area contributed by atoms with E-state index < -0.39 is 0 Å². The van der Waals surface area contributed by atoms with Gasteiger partial charge in [-0.05, 0) is 50.6 Å². The molecule has 2 fully saturated rings. The lowest BCUT2D eigenvalue weighted by Crippen LogP contribution is -2.54. The second-order valence-corrected chi connectivity index (χ2v) is 5.55. The first-order valence-corrected chi connectivity index (χ1v) is 5.84. The first kappa shape index (κ1) is 9.51. The monoisotopic (exact) mass is 181 g/mol. The van der Waals surface area contributed by atoms with Gasteiger partial charge in [-0.25, -0.2) is 0 Å². The van der Waals surface area contributed by atoms with Gasteiger partial charge in [-0.3, -0.25) is 0 Å². The fraction of sp³-hybridized carbons (Fsp3) is 1.00. The fourth-order valence-electron chi connectivity index (χ4n) is 3.93. The lowest BCUT2D eigenvalue weighted by atomic mass is 9.63. The van der Waals surface area contributed by atoms with Crippen LogP contribution in [0.15, 0.2) is 0 Å². The molecule has 0 radical (unpaired) electrons. The minimum absolute atomic E-state index is 0.644. The molecule has 1 nitrogen and oxygen atoms in total. The summed E-state index contributed by atoms with van der Waals surface area (Å²) in [6.45, 7) is 6.29. The molecule has 1 heterocycles. The number of fused-ring (bicyclic) bond motifs is 1. The van der Waals surface area contributed by atoms with Crippen LogP contribution in [0, 0.1) is 11.3 Å². The van der Waals surface area contributed by atoms with Crippen molar-refractivity contribution in [2.45, 2.75) is 52.0 Å². The van der Waals surface area contributed by atoms with Crippen LogP contribution in [0.4, 0.5) is 0 Å². The highest BCUT2D eigenvalue weighted by atomic mass is 15.2. The largest absolute Gasteiger partial charge is 0.303 e. The van der Waals surface area contributed by atoms with E-state index in [9.17, 15) is 0 Å². The number of hydrogen-bond donors (Lipinski definition) is 0. The third-order valence-corrected chi connectivity index (χ3v) is 4.39. The minimum Gasteiger partial charge on any atom is -0.303 e. The molecule has 13 heavy (non-hydrogen) atoms. The van der Waals surface area contributed by atoms with Crippen LogP contribution in [0.1, 0.15) is 46.0 Å². The zero-order chi connectivity index (χ0) is 9.47. The van der Waals surface area contributed by atoms with Gasteiger partial charge in [0.05, 0.1) is 0 Å². The van der Waals surface area contributed by atoms with Crippen molar-refractivity contribution in [2.24, 2.45) is 11.3 Å². The van der Waals surface area contributed by atoms with Crippen molar-refractivity contribution in [3.05, 3.63) is 0 Å². The molecule has 0 amide bonds. The molecule has 0 aromatic carbocycles. The van der Waals surface area contributed by atoms with Crippen LogP contribution in [0.2, 0.25) is 0 Å². The van der Waals surface area contributed by atoms with Gasteiger partial charge in [-0.1, -0.05) is 20.3 Å². The van der Waals surface area contributed by atoms with E-state index in [1.54, 1.807) is 0 Å². The molecule has 1 saturated heterocycles. The molecule has 3 atom stereocenters. The van der Waals surface area contributed by atoms with Crippen LogP contribution in [0.3, 0.4) is 0 Å². The Hall–Kier alpha value is -0.0400. The average Bonchev–Trinajstić information content (AvgIpc) is 2.02. The normalized spacial score (nSPS) is 47.3. The van der Waals surface area contributed by atoms with Gasteiger partial charge in [-0.15, -0.1) is 0 Å². The Morgan fingerprint density at radius 2 is 1.92 bits per heavy atom. The number of likely N-dealkylation sites (tertiary alicyclic amines) is 1. The average molecular weight is 181 g/mol. The Morgan fingerprint density at radius 1 is 1.23 bits per heavy atom. The Morgan fingerprint density at radius 3 is 2.62 bits per heavy atom. The zero-order valence-corrected chi connectivity index (χ0v) is 9.34. The molecule has 0 spiro atoms. The summed E-state index contributed by atoms with van der Waals surface area (Å²) >= 11 is 0. The summed E-state index contributed by atoms with van der Waals surface area (Å²) in [5, 5.41) is 0. The van der Waals surface area contributed by atoms with Gasteiger partial charge >= 0.3 is 0 Å². The predicted molar refractivity (Wildman–Crippen MR) is 56.8 cm³/mol. The van der Waals surface area contributed by atoms with E-state index in [2.05, 4.69) is 25.8 Å². The second-order valence-electron chi connectivity index (χ2n) is 5.55. The van der Waals surface area contributed by atoms with E-state index in [1.807, 2.05) is 0 Å². The van der Waals surface area contributed by atoms with Crippen molar-refractivity contribution in [1.29, 1.82) is 0 Å². The molecular weight excluding hydrogens is 158 g/mol. The van der Waals surface area contributed by atoms with Gasteiger partial charge in [0.1, 0.15) is 0 Å². The number of piperidine rings is 1. The predicted octanol–water partition coefficient (Wildman–Crippen LogP) is 2.91. The Bertz CT molecular complexity index is 172. The van der Waals surface area contributed by atoms with Gasteiger partial charge in [-0.2, -0.15) is 0 Å². The smallest absolute Gasteiger partial charge is 0.0172 e. The summed E-state index contributed by atoms with van der Waals surface area (Å²) in [4.78, 5) is 2.62. The van der Waals surface area contributed by atoms with Crippen molar-refractivity contribution in [1.82, 2.24) is 4.90 Å². The van der Waals surface area contributed by atoms with Crippen molar-refractivity contribution in [3.8, 4) is 0 Å². The molecule has 1 aliphatic heterocycles. The Kier molecular flexibility index (Phi) is 2.39. The standard InChI is InChI=1S/C12H23N/c1-10-6-4-7-12(2)8-5-9-13(3)11(10)12/h10-11H,4-9H2,1-3H3/t10-,11+,12-/m1/s1. The van der Waals surface area contributed by atoms with Gasteiger partial charge < -0.3 is 4.90 Å². The maximum Gasteiger partial charge on any atom is 0.0172 e. The van der Waals surface area contributed by atoms with Crippen molar-refractivity contribution in [2.75, 3.05) is 13.6 Å². The molecule has 2 aliphatic rings. The minimum atomic E-state index is 0.644. The van der Waals surface area contributed by atoms with Crippen molar-refractivity contribution >= 4 is 0 Å². The third kappa shape index (κ3) is 1.52. The molecule has 0 aromatic heterocycles. The van der Waals surface area contributed by atoms with E-state index in [1.165, 1.54) is 38.6 Å². The van der Waals surface area contributed by atoms with Gasteiger partial charge in [0.15, 0.2) is 0 Å². The summed E-state index contributed by atoms with van der Waals surface area (Å²) in [6.07, 6.45) is 7.25. The molecule has 0 N–H and O–H groups in total. The molecule has 1 heteroatoms. The lowest BCUT2D eigenvalue weighted by Gasteiger charge is -2.53. The quantitative estimate of drug-likeness (QED) is 0.555. The molecule has 0 aromatic rings. The van der Waals surface area contributed by atoms with Crippen LogP contribution < -0.4 is 0 Å². The third-order valence-electron chi connectivity index (χ3n) is 4.39. The Labute approximate surface area is 82.5 Å².